The van der Waals surface area contributed by atoms with Crippen LogP contribution in [0.4, 0.5) is 0 Å². The molecule has 0 aromatic carbocycles. The van der Waals surface area contributed by atoms with Crippen LogP contribution >= 0.6 is 0 Å². The van der Waals surface area contributed by atoms with E-state index in [1.165, 1.54) is 19.3 Å². The van der Waals surface area contributed by atoms with Crippen LogP contribution in [0.3, 0.4) is 0 Å². The summed E-state index contributed by atoms with van der Waals surface area (Å²) in [6.45, 7) is 3.88. The maximum Gasteiger partial charge on any atom is 0.0490 e. The highest BCUT2D eigenvalue weighted by Gasteiger charge is 2.05. The predicted octanol–water partition coefficient (Wildman–Crippen LogP) is 1.79. The Hall–Kier alpha value is -0.0800. The van der Waals surface area contributed by atoms with Crippen molar-refractivity contribution in [2.45, 2.75) is 32.6 Å². The fraction of sp³-hybridized carbons (Fsp3) is 1.00. The highest BCUT2D eigenvalue weighted by Crippen LogP contribution is 2.11. The molecule has 0 aromatic rings. The lowest BCUT2D eigenvalue weighted by Gasteiger charge is -2.13. The lowest BCUT2D eigenvalue weighted by molar-refractivity contribution is 0.143. The maximum absolute atomic E-state index is 5.48. The zero-order valence-corrected chi connectivity index (χ0v) is 7.81. The molecule has 2 heteroatoms. The smallest absolute Gasteiger partial charge is 0.0490 e. The van der Waals surface area contributed by atoms with Gasteiger partial charge in [0.05, 0.1) is 0 Å². The van der Waals surface area contributed by atoms with E-state index < -0.39 is 0 Å². The first kappa shape index (κ1) is 10.9. The molecule has 0 aliphatic heterocycles. The number of hydrogen-bond acceptors (Lipinski definition) is 2. The topological polar surface area (TPSA) is 35.2 Å². The summed E-state index contributed by atoms with van der Waals surface area (Å²) in [7, 11) is 1.76. The average Bonchev–Trinajstić information content (AvgIpc) is 2.01. The Labute approximate surface area is 70.1 Å². The second-order valence-electron chi connectivity index (χ2n) is 3.04. The van der Waals surface area contributed by atoms with E-state index in [1.54, 1.807) is 7.11 Å². The summed E-state index contributed by atoms with van der Waals surface area (Å²) < 4.78 is 5.10. The Bertz CT molecular complexity index is 70.0. The van der Waals surface area contributed by atoms with E-state index in [4.69, 9.17) is 10.5 Å². The lowest BCUT2D eigenvalue weighted by Crippen LogP contribution is -2.13. The molecule has 2 N–H and O–H groups in total. The molecule has 0 rings (SSSR count). The van der Waals surface area contributed by atoms with Gasteiger partial charge in [-0.3, -0.25) is 0 Å². The van der Waals surface area contributed by atoms with Gasteiger partial charge in [0.25, 0.3) is 0 Å². The van der Waals surface area contributed by atoms with Crippen LogP contribution < -0.4 is 5.73 Å². The van der Waals surface area contributed by atoms with Gasteiger partial charge in [-0.2, -0.15) is 0 Å². The van der Waals surface area contributed by atoms with Gasteiger partial charge in [-0.1, -0.05) is 19.8 Å². The van der Waals surface area contributed by atoms with Gasteiger partial charge in [0.15, 0.2) is 0 Å². The Morgan fingerprint density at radius 3 is 2.55 bits per heavy atom. The summed E-state index contributed by atoms with van der Waals surface area (Å²) >= 11 is 0. The number of ether oxygens (including phenoxy) is 1. The van der Waals surface area contributed by atoms with E-state index in [0.717, 1.165) is 19.6 Å². The fourth-order valence-corrected chi connectivity index (χ4v) is 1.28. The molecule has 11 heavy (non-hydrogen) atoms. The molecule has 0 aliphatic rings. The van der Waals surface area contributed by atoms with Gasteiger partial charge >= 0.3 is 0 Å². The molecular weight excluding hydrogens is 138 g/mol. The predicted molar refractivity (Wildman–Crippen MR) is 48.6 cm³/mol. The van der Waals surface area contributed by atoms with Crippen molar-refractivity contribution in [3.8, 4) is 0 Å². The summed E-state index contributed by atoms with van der Waals surface area (Å²) in [6.07, 6.45) is 4.94. The van der Waals surface area contributed by atoms with E-state index in [0.29, 0.717) is 5.92 Å². The van der Waals surface area contributed by atoms with Crippen LogP contribution in [0.15, 0.2) is 0 Å². The fourth-order valence-electron chi connectivity index (χ4n) is 1.28. The quantitative estimate of drug-likeness (QED) is 0.614. The SMILES string of the molecule is CCCCC(CCN)COC. The van der Waals surface area contributed by atoms with Crippen LogP contribution in [-0.4, -0.2) is 20.3 Å². The highest BCUT2D eigenvalue weighted by molar-refractivity contribution is 4.58. The van der Waals surface area contributed by atoms with Crippen molar-refractivity contribution in [3.05, 3.63) is 0 Å². The molecule has 0 aromatic heterocycles. The summed E-state index contributed by atoms with van der Waals surface area (Å²) in [4.78, 5) is 0. The van der Waals surface area contributed by atoms with Crippen LogP contribution in [0.5, 0.6) is 0 Å². The molecule has 1 unspecified atom stereocenters. The molecule has 0 spiro atoms. The molecule has 0 radical (unpaired) electrons. The van der Waals surface area contributed by atoms with Crippen LogP contribution in [0.25, 0.3) is 0 Å². The molecule has 0 saturated carbocycles. The van der Waals surface area contributed by atoms with Crippen LogP contribution in [0, 0.1) is 5.92 Å². The van der Waals surface area contributed by atoms with E-state index in [-0.39, 0.29) is 0 Å². The third kappa shape index (κ3) is 6.32. The summed E-state index contributed by atoms with van der Waals surface area (Å²) in [5.74, 6) is 0.685. The van der Waals surface area contributed by atoms with Crippen LogP contribution in [-0.2, 0) is 4.74 Å². The van der Waals surface area contributed by atoms with Gasteiger partial charge in [0, 0.05) is 13.7 Å². The Morgan fingerprint density at radius 1 is 1.36 bits per heavy atom. The van der Waals surface area contributed by atoms with Gasteiger partial charge in [0.1, 0.15) is 0 Å². The zero-order valence-electron chi connectivity index (χ0n) is 7.81. The molecule has 0 aliphatic carbocycles. The Kier molecular flexibility index (Phi) is 7.96. The molecule has 68 valence electrons. The van der Waals surface area contributed by atoms with Crippen molar-refractivity contribution in [1.82, 2.24) is 0 Å². The minimum atomic E-state index is 0.685. The van der Waals surface area contributed by atoms with Gasteiger partial charge in [-0.05, 0) is 25.3 Å². The molecular formula is C9H21NO. The van der Waals surface area contributed by atoms with Crippen molar-refractivity contribution in [2.24, 2.45) is 11.7 Å². The average molecular weight is 159 g/mol. The van der Waals surface area contributed by atoms with Crippen LogP contribution in [0.1, 0.15) is 32.6 Å². The third-order valence-electron chi connectivity index (χ3n) is 1.94. The van der Waals surface area contributed by atoms with Crippen molar-refractivity contribution in [2.75, 3.05) is 20.3 Å². The number of unbranched alkanes of at least 4 members (excludes halogenated alkanes) is 1. The first-order valence-electron chi connectivity index (χ1n) is 4.54. The first-order chi connectivity index (χ1) is 5.35. The first-order valence-corrected chi connectivity index (χ1v) is 4.54. The highest BCUT2D eigenvalue weighted by atomic mass is 16.5. The summed E-state index contributed by atoms with van der Waals surface area (Å²) in [5.41, 5.74) is 5.48. The minimum absolute atomic E-state index is 0.685. The van der Waals surface area contributed by atoms with Crippen molar-refractivity contribution in [1.29, 1.82) is 0 Å². The van der Waals surface area contributed by atoms with E-state index >= 15 is 0 Å². The van der Waals surface area contributed by atoms with Gasteiger partial charge in [-0.25, -0.2) is 0 Å². The van der Waals surface area contributed by atoms with Gasteiger partial charge in [-0.15, -0.1) is 0 Å². The normalized spacial score (nSPS) is 13.4. The number of nitrogens with two attached hydrogens (primary N) is 1. The van der Waals surface area contributed by atoms with Gasteiger partial charge < -0.3 is 10.5 Å². The second kappa shape index (κ2) is 8.02. The molecule has 0 heterocycles. The number of methoxy groups -OCH3 is 1. The van der Waals surface area contributed by atoms with Crippen LogP contribution in [0.2, 0.25) is 0 Å². The summed E-state index contributed by atoms with van der Waals surface area (Å²) in [6, 6.07) is 0. The number of hydrogen-bond donors (Lipinski definition) is 1. The second-order valence-corrected chi connectivity index (χ2v) is 3.04. The summed E-state index contributed by atoms with van der Waals surface area (Å²) in [5, 5.41) is 0. The Balaban J connectivity index is 3.34. The molecule has 0 bridgehead atoms. The van der Waals surface area contributed by atoms with Crippen molar-refractivity contribution in [3.63, 3.8) is 0 Å². The molecule has 0 amide bonds. The van der Waals surface area contributed by atoms with E-state index in [2.05, 4.69) is 6.92 Å². The molecule has 0 fully saturated rings. The molecule has 0 saturated heterocycles. The largest absolute Gasteiger partial charge is 0.384 e. The zero-order chi connectivity index (χ0) is 8.53. The van der Waals surface area contributed by atoms with Crippen molar-refractivity contribution >= 4 is 0 Å². The standard InChI is InChI=1S/C9H21NO/c1-3-4-5-9(6-7-10)8-11-2/h9H,3-8,10H2,1-2H3. The Morgan fingerprint density at radius 2 is 2.09 bits per heavy atom. The third-order valence-corrected chi connectivity index (χ3v) is 1.94. The molecule has 2 nitrogen and oxygen atoms in total. The van der Waals surface area contributed by atoms with Crippen molar-refractivity contribution < 1.29 is 4.74 Å². The number of rotatable bonds is 7. The maximum atomic E-state index is 5.48. The van der Waals surface area contributed by atoms with Gasteiger partial charge in [0.2, 0.25) is 0 Å². The minimum Gasteiger partial charge on any atom is -0.384 e. The van der Waals surface area contributed by atoms with E-state index in [1.807, 2.05) is 0 Å². The lowest BCUT2D eigenvalue weighted by atomic mass is 10.00. The monoisotopic (exact) mass is 159 g/mol. The van der Waals surface area contributed by atoms with E-state index in [9.17, 15) is 0 Å². The molecule has 1 atom stereocenters.